The Morgan fingerprint density at radius 1 is 1.44 bits per heavy atom. The van der Waals surface area contributed by atoms with E-state index in [0.717, 1.165) is 0 Å². The number of aliphatic carboxylic acids is 1. The van der Waals surface area contributed by atoms with E-state index in [2.05, 4.69) is 10.6 Å². The van der Waals surface area contributed by atoms with Gasteiger partial charge in [0, 0.05) is 19.8 Å². The second kappa shape index (κ2) is 8.93. The molecule has 94 valence electrons. The third kappa shape index (κ3) is 7.02. The fourth-order valence-corrected chi connectivity index (χ4v) is 0.915. The van der Waals surface area contributed by atoms with Crippen LogP contribution in [0.15, 0.2) is 0 Å². The van der Waals surface area contributed by atoms with Gasteiger partial charge in [0.15, 0.2) is 6.04 Å². The zero-order valence-corrected chi connectivity index (χ0v) is 9.23. The molecule has 0 bridgehead atoms. The quantitative estimate of drug-likeness (QED) is 0.409. The molecule has 0 heterocycles. The van der Waals surface area contributed by atoms with E-state index in [1.807, 2.05) is 6.92 Å². The zero-order chi connectivity index (χ0) is 12.4. The predicted octanol–water partition coefficient (Wildman–Crippen LogP) is -0.842. The smallest absolute Gasteiger partial charge is 0.328 e. The van der Waals surface area contributed by atoms with Crippen LogP contribution in [-0.4, -0.2) is 54.6 Å². The summed E-state index contributed by atoms with van der Waals surface area (Å²) in [5, 5.41) is 21.8. The molecule has 0 aromatic carbocycles. The Kier molecular flexibility index (Phi) is 8.18. The number of hydrogen-bond acceptors (Lipinski definition) is 4. The van der Waals surface area contributed by atoms with Gasteiger partial charge >= 0.3 is 12.0 Å². The first-order valence-corrected chi connectivity index (χ1v) is 5.07. The number of carboxylic acid groups (broad SMARTS) is 1. The molecular weight excluding hydrogens is 216 g/mol. The summed E-state index contributed by atoms with van der Waals surface area (Å²) in [6.07, 6.45) is 0.651. The average Bonchev–Trinajstić information content (AvgIpc) is 2.25. The number of aliphatic hydroxyl groups is 1. The molecule has 1 atom stereocenters. The second-order valence-corrected chi connectivity index (χ2v) is 3.02. The lowest BCUT2D eigenvalue weighted by Gasteiger charge is -2.12. The number of carbonyl (C=O) groups is 2. The first-order chi connectivity index (χ1) is 7.61. The monoisotopic (exact) mass is 234 g/mol. The molecule has 7 heteroatoms. The zero-order valence-electron chi connectivity index (χ0n) is 9.23. The lowest BCUT2D eigenvalue weighted by atomic mass is 10.3. The van der Waals surface area contributed by atoms with Gasteiger partial charge in [-0.3, -0.25) is 0 Å². The molecule has 0 aromatic rings. The molecule has 0 spiro atoms. The SMILES string of the molecule is CCOCCCNC(=O)N[C@H](CO)C(=O)O. The van der Waals surface area contributed by atoms with Crippen molar-refractivity contribution in [1.29, 1.82) is 0 Å². The van der Waals surface area contributed by atoms with Crippen LogP contribution in [0.4, 0.5) is 4.79 Å². The summed E-state index contributed by atoms with van der Waals surface area (Å²) in [5.74, 6) is -1.27. The van der Waals surface area contributed by atoms with Crippen molar-refractivity contribution < 1.29 is 24.5 Å². The topological polar surface area (TPSA) is 108 Å². The standard InChI is InChI=1S/C9H18N2O5/c1-2-16-5-3-4-10-9(15)11-7(6-12)8(13)14/h7,12H,2-6H2,1H3,(H,13,14)(H2,10,11,15)/t7-/m1/s1. The van der Waals surface area contributed by atoms with Gasteiger partial charge in [0.05, 0.1) is 6.61 Å². The number of rotatable bonds is 8. The van der Waals surface area contributed by atoms with Crippen molar-refractivity contribution in [2.24, 2.45) is 0 Å². The summed E-state index contributed by atoms with van der Waals surface area (Å²) in [7, 11) is 0. The van der Waals surface area contributed by atoms with Gasteiger partial charge in [-0.2, -0.15) is 0 Å². The van der Waals surface area contributed by atoms with Crippen LogP contribution in [0.2, 0.25) is 0 Å². The summed E-state index contributed by atoms with van der Waals surface area (Å²) in [6, 6.07) is -1.88. The fourth-order valence-electron chi connectivity index (χ4n) is 0.915. The van der Waals surface area contributed by atoms with Gasteiger partial charge in [-0.1, -0.05) is 0 Å². The largest absolute Gasteiger partial charge is 0.480 e. The predicted molar refractivity (Wildman–Crippen MR) is 56.2 cm³/mol. The summed E-state index contributed by atoms with van der Waals surface area (Å²) in [4.78, 5) is 21.6. The number of nitrogens with one attached hydrogen (secondary N) is 2. The van der Waals surface area contributed by atoms with Gasteiger partial charge < -0.3 is 25.6 Å². The van der Waals surface area contributed by atoms with E-state index < -0.39 is 24.6 Å². The number of hydrogen-bond donors (Lipinski definition) is 4. The molecule has 0 fully saturated rings. The van der Waals surface area contributed by atoms with E-state index in [4.69, 9.17) is 14.9 Å². The number of urea groups is 1. The van der Waals surface area contributed by atoms with E-state index >= 15 is 0 Å². The number of amides is 2. The first-order valence-electron chi connectivity index (χ1n) is 5.07. The van der Waals surface area contributed by atoms with Crippen molar-refractivity contribution in [3.63, 3.8) is 0 Å². The molecule has 0 rings (SSSR count). The van der Waals surface area contributed by atoms with E-state index in [1.54, 1.807) is 0 Å². The van der Waals surface area contributed by atoms with Gasteiger partial charge in [-0.15, -0.1) is 0 Å². The Morgan fingerprint density at radius 2 is 2.12 bits per heavy atom. The Bertz CT molecular complexity index is 222. The average molecular weight is 234 g/mol. The van der Waals surface area contributed by atoms with Crippen molar-refractivity contribution >= 4 is 12.0 Å². The molecule has 7 nitrogen and oxygen atoms in total. The lowest BCUT2D eigenvalue weighted by molar-refractivity contribution is -0.140. The number of carbonyl (C=O) groups excluding carboxylic acids is 1. The van der Waals surface area contributed by atoms with Crippen LogP contribution in [0.1, 0.15) is 13.3 Å². The van der Waals surface area contributed by atoms with Crippen LogP contribution in [0, 0.1) is 0 Å². The van der Waals surface area contributed by atoms with E-state index in [-0.39, 0.29) is 0 Å². The van der Waals surface area contributed by atoms with Gasteiger partial charge in [0.2, 0.25) is 0 Å². The highest BCUT2D eigenvalue weighted by Gasteiger charge is 2.17. The Labute approximate surface area is 93.8 Å². The molecule has 0 aliphatic carbocycles. The van der Waals surface area contributed by atoms with Crippen LogP contribution < -0.4 is 10.6 Å². The second-order valence-electron chi connectivity index (χ2n) is 3.02. The highest BCUT2D eigenvalue weighted by Crippen LogP contribution is 1.83. The lowest BCUT2D eigenvalue weighted by Crippen LogP contribution is -2.48. The van der Waals surface area contributed by atoms with Crippen molar-refractivity contribution in [2.75, 3.05) is 26.4 Å². The molecule has 2 amide bonds. The highest BCUT2D eigenvalue weighted by atomic mass is 16.5. The van der Waals surface area contributed by atoms with Gasteiger partial charge in [-0.05, 0) is 13.3 Å². The van der Waals surface area contributed by atoms with Crippen LogP contribution in [0.3, 0.4) is 0 Å². The molecule has 0 aromatic heterocycles. The third-order valence-electron chi connectivity index (χ3n) is 1.74. The van der Waals surface area contributed by atoms with Crippen LogP contribution >= 0.6 is 0 Å². The van der Waals surface area contributed by atoms with Crippen LogP contribution in [-0.2, 0) is 9.53 Å². The minimum atomic E-state index is -1.27. The van der Waals surface area contributed by atoms with Crippen molar-refractivity contribution in [3.8, 4) is 0 Å². The molecule has 0 radical (unpaired) electrons. The van der Waals surface area contributed by atoms with Crippen LogP contribution in [0.5, 0.6) is 0 Å². The fraction of sp³-hybridized carbons (Fsp3) is 0.778. The Balaban J connectivity index is 3.61. The molecule has 0 saturated heterocycles. The molecule has 0 aliphatic rings. The van der Waals surface area contributed by atoms with E-state index in [0.29, 0.717) is 26.2 Å². The summed E-state index contributed by atoms with van der Waals surface area (Å²) in [6.45, 7) is 2.79. The van der Waals surface area contributed by atoms with Crippen molar-refractivity contribution in [1.82, 2.24) is 10.6 Å². The maximum absolute atomic E-state index is 11.1. The van der Waals surface area contributed by atoms with Gasteiger partial charge in [0.1, 0.15) is 0 Å². The maximum atomic E-state index is 11.1. The first kappa shape index (κ1) is 14.7. The molecular formula is C9H18N2O5. The molecule has 4 N–H and O–H groups in total. The van der Waals surface area contributed by atoms with Crippen LogP contribution in [0.25, 0.3) is 0 Å². The number of aliphatic hydroxyl groups excluding tert-OH is 1. The highest BCUT2D eigenvalue weighted by molar-refractivity contribution is 5.82. The summed E-state index contributed by atoms with van der Waals surface area (Å²) in [5.41, 5.74) is 0. The Hall–Kier alpha value is -1.34. The molecule has 0 saturated carbocycles. The minimum absolute atomic E-state index is 0.392. The minimum Gasteiger partial charge on any atom is -0.480 e. The normalized spacial score (nSPS) is 11.9. The third-order valence-corrected chi connectivity index (χ3v) is 1.74. The van der Waals surface area contributed by atoms with Gasteiger partial charge in [-0.25, -0.2) is 9.59 Å². The van der Waals surface area contributed by atoms with E-state index in [9.17, 15) is 9.59 Å². The summed E-state index contributed by atoms with van der Waals surface area (Å²) < 4.78 is 5.05. The molecule has 16 heavy (non-hydrogen) atoms. The van der Waals surface area contributed by atoms with Crippen molar-refractivity contribution in [3.05, 3.63) is 0 Å². The summed E-state index contributed by atoms with van der Waals surface area (Å²) >= 11 is 0. The number of carboxylic acids is 1. The maximum Gasteiger partial charge on any atom is 0.328 e. The van der Waals surface area contributed by atoms with Crippen molar-refractivity contribution in [2.45, 2.75) is 19.4 Å². The van der Waals surface area contributed by atoms with Gasteiger partial charge in [0.25, 0.3) is 0 Å². The number of ether oxygens (including phenoxy) is 1. The Morgan fingerprint density at radius 3 is 2.62 bits per heavy atom. The van der Waals surface area contributed by atoms with E-state index in [1.165, 1.54) is 0 Å². The molecule has 0 unspecified atom stereocenters. The molecule has 0 aliphatic heterocycles.